The van der Waals surface area contributed by atoms with Gasteiger partial charge in [-0.15, -0.1) is 0 Å². The quantitative estimate of drug-likeness (QED) is 0.808. The summed E-state index contributed by atoms with van der Waals surface area (Å²) in [7, 11) is 0. The summed E-state index contributed by atoms with van der Waals surface area (Å²) in [4.78, 5) is 0. The van der Waals surface area contributed by atoms with Gasteiger partial charge in [0.15, 0.2) is 0 Å². The lowest BCUT2D eigenvalue weighted by molar-refractivity contribution is -0.134. The van der Waals surface area contributed by atoms with Crippen LogP contribution in [0.3, 0.4) is 0 Å². The first-order valence-corrected chi connectivity index (χ1v) is 8.78. The standard InChI is InChI=1S/C17H23BrFNO/c1-2-21-16-11-15(17(16)8-4-3-5-9-17)20-14-10-12(19)6-7-13(14)18/h6-7,10,15-16,20H,2-5,8-9,11H2,1H3. The number of nitrogens with one attached hydrogen (secondary N) is 1. The molecule has 0 saturated heterocycles. The van der Waals surface area contributed by atoms with Crippen LogP contribution in [0.2, 0.25) is 0 Å². The third-order valence-electron chi connectivity index (χ3n) is 5.20. The van der Waals surface area contributed by atoms with Gasteiger partial charge in [-0.05, 0) is 60.3 Å². The number of halogens is 2. The van der Waals surface area contributed by atoms with Crippen LogP contribution in [0.5, 0.6) is 0 Å². The Hall–Kier alpha value is -0.610. The summed E-state index contributed by atoms with van der Waals surface area (Å²) in [5, 5.41) is 3.57. The van der Waals surface area contributed by atoms with E-state index < -0.39 is 0 Å². The van der Waals surface area contributed by atoms with Crippen LogP contribution in [0.4, 0.5) is 10.1 Å². The topological polar surface area (TPSA) is 21.3 Å². The van der Waals surface area contributed by atoms with E-state index in [1.807, 2.05) is 0 Å². The number of ether oxygens (including phenoxy) is 1. The van der Waals surface area contributed by atoms with Crippen molar-refractivity contribution in [1.82, 2.24) is 0 Å². The molecule has 1 aromatic rings. The molecule has 0 aromatic heterocycles. The Balaban J connectivity index is 1.77. The summed E-state index contributed by atoms with van der Waals surface area (Å²) in [5.74, 6) is -0.195. The predicted molar refractivity (Wildman–Crippen MR) is 87.1 cm³/mol. The molecule has 2 aliphatic carbocycles. The van der Waals surface area contributed by atoms with Crippen LogP contribution >= 0.6 is 15.9 Å². The van der Waals surface area contributed by atoms with Gasteiger partial charge in [-0.3, -0.25) is 0 Å². The molecule has 1 N–H and O–H groups in total. The zero-order valence-electron chi connectivity index (χ0n) is 12.5. The molecule has 0 amide bonds. The molecule has 2 unspecified atom stereocenters. The van der Waals surface area contributed by atoms with Gasteiger partial charge in [-0.1, -0.05) is 19.3 Å². The van der Waals surface area contributed by atoms with Crippen LogP contribution in [-0.2, 0) is 4.74 Å². The van der Waals surface area contributed by atoms with Crippen molar-refractivity contribution >= 4 is 21.6 Å². The van der Waals surface area contributed by atoms with Gasteiger partial charge in [-0.2, -0.15) is 0 Å². The molecule has 4 heteroatoms. The fourth-order valence-electron chi connectivity index (χ4n) is 4.06. The SMILES string of the molecule is CCOC1CC(Nc2cc(F)ccc2Br)C12CCCCC2. The fourth-order valence-corrected chi connectivity index (χ4v) is 4.42. The second-order valence-electron chi connectivity index (χ2n) is 6.29. The van der Waals surface area contributed by atoms with Gasteiger partial charge < -0.3 is 10.1 Å². The van der Waals surface area contributed by atoms with E-state index >= 15 is 0 Å². The zero-order valence-corrected chi connectivity index (χ0v) is 14.1. The van der Waals surface area contributed by atoms with Gasteiger partial charge >= 0.3 is 0 Å². The summed E-state index contributed by atoms with van der Waals surface area (Å²) in [6.45, 7) is 2.85. The Morgan fingerprint density at radius 3 is 2.81 bits per heavy atom. The van der Waals surface area contributed by atoms with Crippen LogP contribution in [0.1, 0.15) is 45.4 Å². The molecule has 2 fully saturated rings. The molecule has 0 aliphatic heterocycles. The number of hydrogen-bond donors (Lipinski definition) is 1. The maximum atomic E-state index is 13.5. The Labute approximate surface area is 134 Å². The van der Waals surface area contributed by atoms with Gasteiger partial charge in [0.25, 0.3) is 0 Å². The first-order valence-electron chi connectivity index (χ1n) is 7.99. The first-order chi connectivity index (χ1) is 10.2. The van der Waals surface area contributed by atoms with Crippen molar-refractivity contribution in [1.29, 1.82) is 0 Å². The molecule has 3 rings (SSSR count). The number of anilines is 1. The predicted octanol–water partition coefficient (Wildman–Crippen LogP) is 5.13. The minimum atomic E-state index is -0.195. The average Bonchev–Trinajstić information content (AvgIpc) is 2.50. The molecule has 116 valence electrons. The van der Waals surface area contributed by atoms with Crippen LogP contribution < -0.4 is 5.32 Å². The van der Waals surface area contributed by atoms with Crippen molar-refractivity contribution in [2.45, 2.75) is 57.6 Å². The third-order valence-corrected chi connectivity index (χ3v) is 5.89. The first kappa shape index (κ1) is 15.3. The zero-order chi connectivity index (χ0) is 14.9. The Bertz CT molecular complexity index is 502. The van der Waals surface area contributed by atoms with E-state index in [0.717, 1.165) is 23.2 Å². The second-order valence-corrected chi connectivity index (χ2v) is 7.15. The van der Waals surface area contributed by atoms with E-state index in [1.165, 1.54) is 38.2 Å². The van der Waals surface area contributed by atoms with Crippen molar-refractivity contribution in [3.63, 3.8) is 0 Å². The number of rotatable bonds is 4. The van der Waals surface area contributed by atoms with Crippen LogP contribution in [0, 0.1) is 11.2 Å². The number of benzene rings is 1. The fraction of sp³-hybridized carbons (Fsp3) is 0.647. The van der Waals surface area contributed by atoms with E-state index in [-0.39, 0.29) is 11.2 Å². The highest BCUT2D eigenvalue weighted by atomic mass is 79.9. The highest BCUT2D eigenvalue weighted by Crippen LogP contribution is 2.54. The lowest BCUT2D eigenvalue weighted by atomic mass is 9.55. The van der Waals surface area contributed by atoms with E-state index in [1.54, 1.807) is 12.1 Å². The molecule has 21 heavy (non-hydrogen) atoms. The number of hydrogen-bond acceptors (Lipinski definition) is 2. The summed E-state index contributed by atoms with van der Waals surface area (Å²) in [6.07, 6.45) is 7.74. The van der Waals surface area contributed by atoms with Crippen molar-refractivity contribution in [2.75, 3.05) is 11.9 Å². The molecule has 1 spiro atoms. The van der Waals surface area contributed by atoms with Gasteiger partial charge in [0.2, 0.25) is 0 Å². The van der Waals surface area contributed by atoms with Crippen molar-refractivity contribution in [2.24, 2.45) is 5.41 Å². The molecular weight excluding hydrogens is 333 g/mol. The van der Waals surface area contributed by atoms with Gasteiger partial charge in [-0.25, -0.2) is 4.39 Å². The monoisotopic (exact) mass is 355 g/mol. The molecule has 2 atom stereocenters. The highest BCUT2D eigenvalue weighted by molar-refractivity contribution is 9.10. The Morgan fingerprint density at radius 1 is 1.33 bits per heavy atom. The Kier molecular flexibility index (Phi) is 4.55. The maximum absolute atomic E-state index is 13.5. The van der Waals surface area contributed by atoms with Crippen molar-refractivity contribution in [3.8, 4) is 0 Å². The highest BCUT2D eigenvalue weighted by Gasteiger charge is 2.55. The minimum absolute atomic E-state index is 0.195. The summed E-state index contributed by atoms with van der Waals surface area (Å²) in [6, 6.07) is 5.22. The molecule has 0 heterocycles. The van der Waals surface area contributed by atoms with Crippen molar-refractivity contribution < 1.29 is 9.13 Å². The molecule has 2 nitrogen and oxygen atoms in total. The molecule has 0 radical (unpaired) electrons. The average molecular weight is 356 g/mol. The third kappa shape index (κ3) is 2.85. The Morgan fingerprint density at radius 2 is 2.10 bits per heavy atom. The summed E-state index contributed by atoms with van der Waals surface area (Å²) < 4.78 is 20.4. The van der Waals surface area contributed by atoms with Crippen LogP contribution in [0.25, 0.3) is 0 Å². The molecule has 2 saturated carbocycles. The maximum Gasteiger partial charge on any atom is 0.125 e. The lowest BCUT2D eigenvalue weighted by Gasteiger charge is -2.58. The lowest BCUT2D eigenvalue weighted by Crippen LogP contribution is -2.62. The normalized spacial score (nSPS) is 27.4. The van der Waals surface area contributed by atoms with Crippen molar-refractivity contribution in [3.05, 3.63) is 28.5 Å². The molecule has 2 aliphatic rings. The van der Waals surface area contributed by atoms with Crippen LogP contribution in [0.15, 0.2) is 22.7 Å². The smallest absolute Gasteiger partial charge is 0.125 e. The summed E-state index contributed by atoms with van der Waals surface area (Å²) in [5.41, 5.74) is 1.11. The molecular formula is C17H23BrFNO. The van der Waals surface area contributed by atoms with Crippen LogP contribution in [-0.4, -0.2) is 18.8 Å². The van der Waals surface area contributed by atoms with Gasteiger partial charge in [0.05, 0.1) is 11.8 Å². The molecule has 1 aromatic carbocycles. The van der Waals surface area contributed by atoms with Gasteiger partial charge in [0, 0.05) is 22.5 Å². The summed E-state index contributed by atoms with van der Waals surface area (Å²) >= 11 is 3.51. The van der Waals surface area contributed by atoms with E-state index in [0.29, 0.717) is 12.1 Å². The van der Waals surface area contributed by atoms with E-state index in [9.17, 15) is 4.39 Å². The largest absolute Gasteiger partial charge is 0.381 e. The minimum Gasteiger partial charge on any atom is -0.381 e. The van der Waals surface area contributed by atoms with E-state index in [4.69, 9.17) is 4.74 Å². The molecule has 0 bridgehead atoms. The van der Waals surface area contributed by atoms with E-state index in [2.05, 4.69) is 28.2 Å². The second kappa shape index (κ2) is 6.25. The van der Waals surface area contributed by atoms with Gasteiger partial charge in [0.1, 0.15) is 5.82 Å².